The first-order valence-corrected chi connectivity index (χ1v) is 9.68. The first kappa shape index (κ1) is 15.5. The van der Waals surface area contributed by atoms with E-state index in [1.165, 1.54) is 19.3 Å². The molecule has 1 aliphatic heterocycles. The minimum atomic E-state index is -3.63. The van der Waals surface area contributed by atoms with Gasteiger partial charge in [-0.3, -0.25) is 4.18 Å². The quantitative estimate of drug-likeness (QED) is 0.760. The van der Waals surface area contributed by atoms with Crippen LogP contribution in [0.4, 0.5) is 0 Å². The number of hydrogen-bond acceptors (Lipinski definition) is 4. The Kier molecular flexibility index (Phi) is 4.69. The number of hydrogen-bond donors (Lipinski definition) is 0. The zero-order chi connectivity index (χ0) is 14.9. The fourth-order valence-electron chi connectivity index (χ4n) is 3.03. The van der Waals surface area contributed by atoms with Crippen molar-refractivity contribution in [2.24, 2.45) is 0 Å². The Balaban J connectivity index is 1.54. The summed E-state index contributed by atoms with van der Waals surface area (Å²) >= 11 is 3.30. The van der Waals surface area contributed by atoms with Crippen molar-refractivity contribution < 1.29 is 12.6 Å². The van der Waals surface area contributed by atoms with Gasteiger partial charge in [-0.05, 0) is 63.0 Å². The molecule has 2 aliphatic rings. The smallest absolute Gasteiger partial charge is 0.297 e. The first-order chi connectivity index (χ1) is 10.0. The van der Waals surface area contributed by atoms with Crippen molar-refractivity contribution in [1.82, 2.24) is 4.90 Å². The van der Waals surface area contributed by atoms with Gasteiger partial charge in [-0.15, -0.1) is 0 Å². The van der Waals surface area contributed by atoms with E-state index >= 15 is 0 Å². The summed E-state index contributed by atoms with van der Waals surface area (Å²) in [7, 11) is -3.63. The van der Waals surface area contributed by atoms with Crippen LogP contribution in [-0.4, -0.2) is 38.6 Å². The van der Waals surface area contributed by atoms with Crippen molar-refractivity contribution in [2.75, 3.05) is 13.1 Å². The normalized spacial score (nSPS) is 27.3. The monoisotopic (exact) mass is 373 g/mol. The third kappa shape index (κ3) is 3.67. The van der Waals surface area contributed by atoms with Crippen LogP contribution in [0.3, 0.4) is 0 Å². The fourth-order valence-corrected chi connectivity index (χ4v) is 4.39. The molecule has 0 spiro atoms. The fraction of sp³-hybridized carbons (Fsp3) is 0.600. The lowest BCUT2D eigenvalue weighted by molar-refractivity contribution is 0.0124. The molecule has 6 heteroatoms. The molecule has 1 aliphatic carbocycles. The van der Waals surface area contributed by atoms with E-state index in [0.717, 1.165) is 30.4 Å². The molecule has 1 saturated carbocycles. The van der Waals surface area contributed by atoms with E-state index in [0.29, 0.717) is 6.04 Å². The van der Waals surface area contributed by atoms with Crippen LogP contribution in [0.15, 0.2) is 33.6 Å². The number of nitrogens with zero attached hydrogens (tertiary/aromatic N) is 1. The van der Waals surface area contributed by atoms with Gasteiger partial charge >= 0.3 is 0 Å². The average Bonchev–Trinajstić information content (AvgIpc) is 2.44. The van der Waals surface area contributed by atoms with Crippen molar-refractivity contribution >= 4 is 26.0 Å². The lowest BCUT2D eigenvalue weighted by Gasteiger charge is -2.43. The lowest BCUT2D eigenvalue weighted by atomic mass is 9.87. The second kappa shape index (κ2) is 6.36. The van der Waals surface area contributed by atoms with E-state index < -0.39 is 10.1 Å². The van der Waals surface area contributed by atoms with Gasteiger partial charge in [0.2, 0.25) is 0 Å². The molecule has 1 aromatic carbocycles. The minimum absolute atomic E-state index is 0.162. The molecule has 116 valence electrons. The molecule has 1 heterocycles. The molecule has 0 amide bonds. The summed E-state index contributed by atoms with van der Waals surface area (Å²) in [6, 6.07) is 7.08. The highest BCUT2D eigenvalue weighted by molar-refractivity contribution is 9.10. The third-order valence-corrected chi connectivity index (χ3v) is 6.25. The molecule has 0 atom stereocenters. The summed E-state index contributed by atoms with van der Waals surface area (Å²) in [5, 5.41) is 0. The van der Waals surface area contributed by atoms with Gasteiger partial charge in [-0.2, -0.15) is 8.42 Å². The Labute approximate surface area is 134 Å². The van der Waals surface area contributed by atoms with E-state index in [2.05, 4.69) is 20.8 Å². The zero-order valence-corrected chi connectivity index (χ0v) is 14.3. The average molecular weight is 374 g/mol. The van der Waals surface area contributed by atoms with E-state index in [1.54, 1.807) is 24.3 Å². The maximum atomic E-state index is 12.2. The topological polar surface area (TPSA) is 46.6 Å². The van der Waals surface area contributed by atoms with Crippen LogP contribution in [0, 0.1) is 0 Å². The summed E-state index contributed by atoms with van der Waals surface area (Å²) in [6.07, 6.45) is 5.34. The Morgan fingerprint density at radius 1 is 1.05 bits per heavy atom. The number of benzene rings is 1. The molecular formula is C15H20BrNO3S. The van der Waals surface area contributed by atoms with Crippen molar-refractivity contribution in [1.29, 1.82) is 0 Å². The molecule has 1 aromatic rings. The maximum absolute atomic E-state index is 12.2. The second-order valence-corrected chi connectivity index (χ2v) is 8.34. The van der Waals surface area contributed by atoms with Crippen LogP contribution in [0.1, 0.15) is 32.1 Å². The highest BCUT2D eigenvalue weighted by Crippen LogP contribution is 2.32. The SMILES string of the molecule is O=S(=O)(O[C@H]1C[C@@H](N2CCCCC2)C1)c1ccc(Br)cc1. The van der Waals surface area contributed by atoms with E-state index in [1.807, 2.05) is 0 Å². The Bertz CT molecular complexity index is 575. The number of piperidine rings is 1. The number of likely N-dealkylation sites (tertiary alicyclic amines) is 1. The maximum Gasteiger partial charge on any atom is 0.297 e. The van der Waals surface area contributed by atoms with Crippen molar-refractivity contribution in [3.8, 4) is 0 Å². The van der Waals surface area contributed by atoms with Crippen LogP contribution in [0.25, 0.3) is 0 Å². The van der Waals surface area contributed by atoms with Crippen LogP contribution in [0.2, 0.25) is 0 Å². The van der Waals surface area contributed by atoms with Crippen LogP contribution >= 0.6 is 15.9 Å². The van der Waals surface area contributed by atoms with Crippen molar-refractivity contribution in [3.05, 3.63) is 28.7 Å². The predicted octanol–water partition coefficient (Wildman–Crippen LogP) is 3.17. The van der Waals surface area contributed by atoms with E-state index in [4.69, 9.17) is 4.18 Å². The molecule has 4 nitrogen and oxygen atoms in total. The van der Waals surface area contributed by atoms with Gasteiger partial charge in [-0.1, -0.05) is 22.4 Å². The molecule has 0 bridgehead atoms. The van der Waals surface area contributed by atoms with Gasteiger partial charge in [0.15, 0.2) is 0 Å². The lowest BCUT2D eigenvalue weighted by Crippen LogP contribution is -2.50. The van der Waals surface area contributed by atoms with Gasteiger partial charge in [0.1, 0.15) is 0 Å². The van der Waals surface area contributed by atoms with Crippen molar-refractivity contribution in [3.63, 3.8) is 0 Å². The summed E-state index contributed by atoms with van der Waals surface area (Å²) in [5.41, 5.74) is 0. The number of halogens is 1. The van der Waals surface area contributed by atoms with Crippen LogP contribution in [0.5, 0.6) is 0 Å². The highest BCUT2D eigenvalue weighted by Gasteiger charge is 2.37. The Hall–Kier alpha value is -0.430. The molecule has 21 heavy (non-hydrogen) atoms. The summed E-state index contributed by atoms with van der Waals surface area (Å²) in [6.45, 7) is 2.30. The second-order valence-electron chi connectivity index (χ2n) is 5.85. The van der Waals surface area contributed by atoms with E-state index in [-0.39, 0.29) is 11.0 Å². The standard InChI is InChI=1S/C15H20BrNO3S/c16-12-4-6-15(7-5-12)21(18,19)20-14-10-13(11-14)17-8-2-1-3-9-17/h4-7,13-14H,1-3,8-11H2/t13-,14+. The molecule has 0 radical (unpaired) electrons. The molecule has 1 saturated heterocycles. The summed E-state index contributed by atoms with van der Waals surface area (Å²) in [5.74, 6) is 0. The third-order valence-electron chi connectivity index (χ3n) is 4.34. The molecular weight excluding hydrogens is 354 g/mol. The van der Waals surface area contributed by atoms with Crippen molar-refractivity contribution in [2.45, 2.75) is 49.1 Å². The minimum Gasteiger partial charge on any atom is -0.300 e. The highest BCUT2D eigenvalue weighted by atomic mass is 79.9. The first-order valence-electron chi connectivity index (χ1n) is 7.47. The van der Waals surface area contributed by atoms with Gasteiger partial charge in [-0.25, -0.2) is 0 Å². The molecule has 0 N–H and O–H groups in total. The number of rotatable bonds is 4. The molecule has 3 rings (SSSR count). The van der Waals surface area contributed by atoms with Gasteiger partial charge in [0.25, 0.3) is 10.1 Å². The van der Waals surface area contributed by atoms with Crippen LogP contribution in [-0.2, 0) is 14.3 Å². The largest absolute Gasteiger partial charge is 0.300 e. The summed E-state index contributed by atoms with van der Waals surface area (Å²) in [4.78, 5) is 2.71. The molecule has 0 unspecified atom stereocenters. The zero-order valence-electron chi connectivity index (χ0n) is 11.9. The van der Waals surface area contributed by atoms with Gasteiger partial charge < -0.3 is 4.90 Å². The van der Waals surface area contributed by atoms with Crippen LogP contribution < -0.4 is 0 Å². The molecule has 2 fully saturated rings. The predicted molar refractivity (Wildman–Crippen MR) is 84.6 cm³/mol. The van der Waals surface area contributed by atoms with Gasteiger partial charge in [0, 0.05) is 10.5 Å². The van der Waals surface area contributed by atoms with Gasteiger partial charge in [0.05, 0.1) is 11.0 Å². The molecule has 0 aromatic heterocycles. The van der Waals surface area contributed by atoms with E-state index in [9.17, 15) is 8.42 Å². The Morgan fingerprint density at radius 3 is 2.29 bits per heavy atom. The summed E-state index contributed by atoms with van der Waals surface area (Å²) < 4.78 is 30.6. The Morgan fingerprint density at radius 2 is 1.67 bits per heavy atom.